The molecule has 5 nitrogen and oxygen atoms in total. The third-order valence-electron chi connectivity index (χ3n) is 4.39. The lowest BCUT2D eigenvalue weighted by Gasteiger charge is -2.37. The van der Waals surface area contributed by atoms with Gasteiger partial charge in [-0.3, -0.25) is 0 Å². The Hall–Kier alpha value is -1.28. The number of carbonyl (C=O) groups is 1. The Kier molecular flexibility index (Phi) is 4.65. The molecule has 1 saturated carbocycles. The third-order valence-corrected chi connectivity index (χ3v) is 4.39. The van der Waals surface area contributed by atoms with E-state index in [1.807, 2.05) is 0 Å². The summed E-state index contributed by atoms with van der Waals surface area (Å²) in [5, 5.41) is 12.4. The topological polar surface area (TPSA) is 65.4 Å². The second kappa shape index (κ2) is 6.25. The zero-order chi connectivity index (χ0) is 13.7. The molecule has 1 heterocycles. The average molecular weight is 265 g/mol. The molecular formula is C14H23N3O2. The molecule has 1 saturated heterocycles. The Morgan fingerprint density at radius 1 is 1.42 bits per heavy atom. The standard InChI is InChI=1S/C14H23N3O2/c1-2-12-3-5-14(11-15,6-4-12)16-13(18)17-7-9-19-10-8-17/h12H,2-10H2,1H3,(H,16,18). The number of hydrogen-bond donors (Lipinski definition) is 1. The van der Waals surface area contributed by atoms with Crippen LogP contribution < -0.4 is 5.32 Å². The molecule has 1 N–H and O–H groups in total. The molecule has 0 spiro atoms. The summed E-state index contributed by atoms with van der Waals surface area (Å²) in [4.78, 5) is 13.9. The van der Waals surface area contributed by atoms with Gasteiger partial charge in [-0.2, -0.15) is 5.26 Å². The van der Waals surface area contributed by atoms with Gasteiger partial charge in [0.25, 0.3) is 0 Å². The summed E-state index contributed by atoms with van der Waals surface area (Å²) in [6, 6.07) is 2.23. The third kappa shape index (κ3) is 3.38. The summed E-state index contributed by atoms with van der Waals surface area (Å²) in [7, 11) is 0. The van der Waals surface area contributed by atoms with Gasteiger partial charge < -0.3 is 15.0 Å². The van der Waals surface area contributed by atoms with Crippen molar-refractivity contribution in [1.29, 1.82) is 5.26 Å². The van der Waals surface area contributed by atoms with Gasteiger partial charge in [-0.1, -0.05) is 13.3 Å². The second-order valence-electron chi connectivity index (χ2n) is 5.58. The molecule has 0 unspecified atom stereocenters. The first-order valence-corrected chi connectivity index (χ1v) is 7.25. The van der Waals surface area contributed by atoms with Crippen LogP contribution in [0.15, 0.2) is 0 Å². The van der Waals surface area contributed by atoms with Crippen LogP contribution in [0.4, 0.5) is 4.79 Å². The molecule has 0 bridgehead atoms. The summed E-state index contributed by atoms with van der Waals surface area (Å²) in [6.07, 6.45) is 4.79. The van der Waals surface area contributed by atoms with Crippen molar-refractivity contribution in [3.05, 3.63) is 0 Å². The molecule has 1 aliphatic heterocycles. The van der Waals surface area contributed by atoms with Crippen LogP contribution in [0, 0.1) is 17.2 Å². The van der Waals surface area contributed by atoms with E-state index in [4.69, 9.17) is 4.74 Å². The van der Waals surface area contributed by atoms with Gasteiger partial charge in [-0.05, 0) is 31.6 Å². The highest BCUT2D eigenvalue weighted by Gasteiger charge is 2.37. The number of rotatable bonds is 2. The summed E-state index contributed by atoms with van der Waals surface area (Å²) < 4.78 is 5.23. The van der Waals surface area contributed by atoms with E-state index in [-0.39, 0.29) is 6.03 Å². The fourth-order valence-corrected chi connectivity index (χ4v) is 2.89. The normalized spacial score (nSPS) is 31.6. The van der Waals surface area contributed by atoms with Gasteiger partial charge in [-0.15, -0.1) is 0 Å². The van der Waals surface area contributed by atoms with Crippen molar-refractivity contribution >= 4 is 6.03 Å². The van der Waals surface area contributed by atoms with Gasteiger partial charge in [0.1, 0.15) is 5.54 Å². The van der Waals surface area contributed by atoms with E-state index in [0.29, 0.717) is 32.2 Å². The monoisotopic (exact) mass is 265 g/mol. The van der Waals surface area contributed by atoms with Crippen LogP contribution in [0.2, 0.25) is 0 Å². The van der Waals surface area contributed by atoms with Gasteiger partial charge in [0.2, 0.25) is 0 Å². The highest BCUT2D eigenvalue weighted by molar-refractivity contribution is 5.75. The summed E-state index contributed by atoms with van der Waals surface area (Å²) >= 11 is 0. The summed E-state index contributed by atoms with van der Waals surface area (Å²) in [5.41, 5.74) is -0.652. The molecule has 2 aliphatic rings. The van der Waals surface area contributed by atoms with Crippen molar-refractivity contribution in [2.24, 2.45) is 5.92 Å². The van der Waals surface area contributed by atoms with Gasteiger partial charge in [0.15, 0.2) is 0 Å². The molecule has 0 aromatic carbocycles. The van der Waals surface area contributed by atoms with Crippen LogP contribution in [0.5, 0.6) is 0 Å². The molecule has 19 heavy (non-hydrogen) atoms. The van der Waals surface area contributed by atoms with E-state index in [2.05, 4.69) is 18.3 Å². The largest absolute Gasteiger partial charge is 0.378 e. The maximum Gasteiger partial charge on any atom is 0.318 e. The quantitative estimate of drug-likeness (QED) is 0.829. The molecule has 2 fully saturated rings. The van der Waals surface area contributed by atoms with Gasteiger partial charge >= 0.3 is 6.03 Å². The fourth-order valence-electron chi connectivity index (χ4n) is 2.89. The molecule has 2 amide bonds. The molecule has 2 rings (SSSR count). The van der Waals surface area contributed by atoms with Crippen LogP contribution in [0.25, 0.3) is 0 Å². The van der Waals surface area contributed by atoms with Crippen LogP contribution >= 0.6 is 0 Å². The van der Waals surface area contributed by atoms with Crippen molar-refractivity contribution < 1.29 is 9.53 Å². The second-order valence-corrected chi connectivity index (χ2v) is 5.58. The van der Waals surface area contributed by atoms with Crippen molar-refractivity contribution in [2.45, 2.75) is 44.6 Å². The van der Waals surface area contributed by atoms with E-state index in [0.717, 1.165) is 25.7 Å². The molecule has 0 aromatic rings. The number of carbonyl (C=O) groups excluding carboxylic acids is 1. The Labute approximate surface area is 114 Å². The summed E-state index contributed by atoms with van der Waals surface area (Å²) in [5.74, 6) is 0.710. The molecule has 5 heteroatoms. The van der Waals surface area contributed by atoms with Crippen LogP contribution in [0.1, 0.15) is 39.0 Å². The van der Waals surface area contributed by atoms with E-state index in [9.17, 15) is 10.1 Å². The first-order valence-electron chi connectivity index (χ1n) is 7.25. The minimum absolute atomic E-state index is 0.111. The van der Waals surface area contributed by atoms with E-state index >= 15 is 0 Å². The fraction of sp³-hybridized carbons (Fsp3) is 0.857. The van der Waals surface area contributed by atoms with E-state index in [1.165, 1.54) is 6.42 Å². The zero-order valence-corrected chi connectivity index (χ0v) is 11.7. The van der Waals surface area contributed by atoms with Crippen molar-refractivity contribution in [1.82, 2.24) is 10.2 Å². The zero-order valence-electron chi connectivity index (χ0n) is 11.7. The lowest BCUT2D eigenvalue weighted by molar-refractivity contribution is 0.0507. The Morgan fingerprint density at radius 3 is 2.58 bits per heavy atom. The lowest BCUT2D eigenvalue weighted by atomic mass is 9.76. The number of nitriles is 1. The van der Waals surface area contributed by atoms with Crippen LogP contribution in [-0.4, -0.2) is 42.8 Å². The van der Waals surface area contributed by atoms with Gasteiger partial charge in [0.05, 0.1) is 19.3 Å². The minimum atomic E-state index is -0.652. The molecule has 1 aliphatic carbocycles. The smallest absolute Gasteiger partial charge is 0.318 e. The predicted octanol–water partition coefficient (Wildman–Crippen LogP) is 1.89. The molecular weight excluding hydrogens is 242 g/mol. The number of hydrogen-bond acceptors (Lipinski definition) is 3. The Balaban J connectivity index is 1.91. The van der Waals surface area contributed by atoms with Crippen molar-refractivity contribution in [3.63, 3.8) is 0 Å². The molecule has 0 atom stereocenters. The maximum absolute atomic E-state index is 12.2. The minimum Gasteiger partial charge on any atom is -0.378 e. The molecule has 106 valence electrons. The lowest BCUT2D eigenvalue weighted by Crippen LogP contribution is -2.56. The van der Waals surface area contributed by atoms with Crippen LogP contribution in [-0.2, 0) is 4.74 Å². The SMILES string of the molecule is CCC1CCC(C#N)(NC(=O)N2CCOCC2)CC1. The summed E-state index contributed by atoms with van der Waals surface area (Å²) in [6.45, 7) is 4.60. The van der Waals surface area contributed by atoms with E-state index < -0.39 is 5.54 Å². The van der Waals surface area contributed by atoms with Crippen molar-refractivity contribution in [3.8, 4) is 6.07 Å². The Morgan fingerprint density at radius 2 is 2.05 bits per heavy atom. The van der Waals surface area contributed by atoms with Gasteiger partial charge in [-0.25, -0.2) is 4.79 Å². The van der Waals surface area contributed by atoms with Crippen molar-refractivity contribution in [2.75, 3.05) is 26.3 Å². The number of urea groups is 1. The van der Waals surface area contributed by atoms with Crippen LogP contribution in [0.3, 0.4) is 0 Å². The average Bonchev–Trinajstić information content (AvgIpc) is 2.49. The first kappa shape index (κ1) is 14.1. The predicted molar refractivity (Wildman–Crippen MR) is 71.5 cm³/mol. The van der Waals surface area contributed by atoms with E-state index in [1.54, 1.807) is 4.90 Å². The highest BCUT2D eigenvalue weighted by Crippen LogP contribution is 2.33. The molecule has 0 aromatic heterocycles. The highest BCUT2D eigenvalue weighted by atomic mass is 16.5. The number of morpholine rings is 1. The number of amides is 2. The van der Waals surface area contributed by atoms with Gasteiger partial charge in [0, 0.05) is 13.1 Å². The Bertz CT molecular complexity index is 350. The maximum atomic E-state index is 12.2. The number of ether oxygens (including phenoxy) is 1. The number of nitrogens with one attached hydrogen (secondary N) is 1. The molecule has 0 radical (unpaired) electrons. The number of nitrogens with zero attached hydrogens (tertiary/aromatic N) is 2. The first-order chi connectivity index (χ1) is 9.19.